The Labute approximate surface area is 178 Å². The van der Waals surface area contributed by atoms with Crippen LogP contribution in [0.3, 0.4) is 0 Å². The Morgan fingerprint density at radius 3 is 2.45 bits per heavy atom. The second kappa shape index (κ2) is 8.66. The van der Waals surface area contributed by atoms with Gasteiger partial charge in [-0.15, -0.1) is 0 Å². The zero-order valence-electron chi connectivity index (χ0n) is 16.4. The molecule has 29 heavy (non-hydrogen) atoms. The van der Waals surface area contributed by atoms with Crippen molar-refractivity contribution in [1.29, 1.82) is 0 Å². The molecule has 5 nitrogen and oxygen atoms in total. The van der Waals surface area contributed by atoms with Gasteiger partial charge in [0.05, 0.1) is 16.7 Å². The van der Waals surface area contributed by atoms with Gasteiger partial charge in [0.15, 0.2) is 0 Å². The van der Waals surface area contributed by atoms with Crippen LogP contribution >= 0.6 is 15.9 Å². The number of benzene rings is 1. The van der Waals surface area contributed by atoms with E-state index in [0.717, 1.165) is 62.0 Å². The summed E-state index contributed by atoms with van der Waals surface area (Å²) in [6.45, 7) is 4.40. The number of nitrogens with zero attached hydrogens (tertiary/aromatic N) is 4. The van der Waals surface area contributed by atoms with Gasteiger partial charge in [-0.2, -0.15) is 0 Å². The number of rotatable bonds is 6. The van der Waals surface area contributed by atoms with Crippen LogP contribution in [-0.4, -0.2) is 27.3 Å². The highest BCUT2D eigenvalue weighted by Gasteiger charge is 2.06. The van der Waals surface area contributed by atoms with E-state index in [-0.39, 0.29) is 0 Å². The molecular weight excluding hydrogens is 428 g/mol. The average Bonchev–Trinajstić information content (AvgIpc) is 2.73. The maximum Gasteiger partial charge on any atom is 0.117 e. The molecule has 0 saturated heterocycles. The number of pyridine rings is 3. The van der Waals surface area contributed by atoms with E-state index in [9.17, 15) is 0 Å². The molecule has 6 heteroatoms. The lowest BCUT2D eigenvalue weighted by molar-refractivity contribution is 0.141. The summed E-state index contributed by atoms with van der Waals surface area (Å²) >= 11 is 3.46. The first-order valence-corrected chi connectivity index (χ1v) is 10.3. The first-order chi connectivity index (χ1) is 14.1. The number of aryl methyl sites for hydroxylation is 2. The van der Waals surface area contributed by atoms with Gasteiger partial charge in [-0.05, 0) is 66.9 Å². The molecule has 0 fully saturated rings. The van der Waals surface area contributed by atoms with E-state index < -0.39 is 0 Å². The molecule has 4 aromatic rings. The molecule has 0 aliphatic heterocycles. The van der Waals surface area contributed by atoms with Crippen molar-refractivity contribution in [2.45, 2.75) is 26.7 Å². The third-order valence-electron chi connectivity index (χ3n) is 4.67. The largest absolute Gasteiger partial charge is 0.396 e. The Morgan fingerprint density at radius 1 is 0.931 bits per heavy atom. The molecule has 0 bridgehead atoms. The molecule has 0 atom stereocenters. The van der Waals surface area contributed by atoms with Crippen molar-refractivity contribution in [3.63, 3.8) is 0 Å². The monoisotopic (exact) mass is 448 g/mol. The number of aromatic nitrogens is 3. The smallest absolute Gasteiger partial charge is 0.117 e. The van der Waals surface area contributed by atoms with E-state index in [1.54, 1.807) is 0 Å². The number of hydrogen-bond donors (Lipinski definition) is 0. The SMILES string of the molecule is CC(=NOCCCc1ccc2ccc3ccc(Br)nc3c2n1)c1cccc(C)n1. The molecule has 0 aliphatic carbocycles. The van der Waals surface area contributed by atoms with Gasteiger partial charge in [-0.25, -0.2) is 4.98 Å². The van der Waals surface area contributed by atoms with Crippen molar-refractivity contribution < 1.29 is 4.84 Å². The first-order valence-electron chi connectivity index (χ1n) is 9.56. The van der Waals surface area contributed by atoms with Crippen LogP contribution in [0, 0.1) is 6.92 Å². The normalized spacial score (nSPS) is 11.9. The Bertz CT molecular complexity index is 1210. The van der Waals surface area contributed by atoms with Crippen molar-refractivity contribution >= 4 is 43.4 Å². The topological polar surface area (TPSA) is 60.3 Å². The van der Waals surface area contributed by atoms with Crippen molar-refractivity contribution in [3.8, 4) is 0 Å². The predicted molar refractivity (Wildman–Crippen MR) is 120 cm³/mol. The average molecular weight is 449 g/mol. The molecule has 0 spiro atoms. The van der Waals surface area contributed by atoms with E-state index in [0.29, 0.717) is 6.61 Å². The van der Waals surface area contributed by atoms with Gasteiger partial charge in [0, 0.05) is 22.2 Å². The summed E-state index contributed by atoms with van der Waals surface area (Å²) in [5.74, 6) is 0. The van der Waals surface area contributed by atoms with Crippen LogP contribution in [-0.2, 0) is 11.3 Å². The second-order valence-electron chi connectivity index (χ2n) is 6.92. The Morgan fingerprint density at radius 2 is 1.66 bits per heavy atom. The van der Waals surface area contributed by atoms with Gasteiger partial charge in [-0.3, -0.25) is 9.97 Å². The Kier molecular flexibility index (Phi) is 5.81. The minimum absolute atomic E-state index is 0.530. The Hall–Kier alpha value is -2.86. The molecule has 3 aromatic heterocycles. The van der Waals surface area contributed by atoms with E-state index in [2.05, 4.69) is 61.4 Å². The number of oxime groups is 1. The fraction of sp³-hybridized carbons (Fsp3) is 0.217. The number of halogens is 1. The molecule has 146 valence electrons. The zero-order chi connectivity index (χ0) is 20.2. The third-order valence-corrected chi connectivity index (χ3v) is 5.11. The van der Waals surface area contributed by atoms with Gasteiger partial charge in [0.1, 0.15) is 16.9 Å². The molecule has 0 radical (unpaired) electrons. The van der Waals surface area contributed by atoms with Crippen molar-refractivity contribution in [2.24, 2.45) is 5.16 Å². The predicted octanol–water partition coefficient (Wildman–Crippen LogP) is 5.62. The molecule has 0 aliphatic rings. The van der Waals surface area contributed by atoms with Crippen molar-refractivity contribution in [3.05, 3.63) is 76.3 Å². The lowest BCUT2D eigenvalue weighted by atomic mass is 10.1. The van der Waals surface area contributed by atoms with Crippen molar-refractivity contribution in [1.82, 2.24) is 15.0 Å². The molecule has 3 heterocycles. The zero-order valence-corrected chi connectivity index (χ0v) is 18.0. The summed E-state index contributed by atoms with van der Waals surface area (Å²) < 4.78 is 0.814. The maximum absolute atomic E-state index is 5.49. The molecular formula is C23H21BrN4O. The van der Waals surface area contributed by atoms with Crippen molar-refractivity contribution in [2.75, 3.05) is 6.61 Å². The van der Waals surface area contributed by atoms with Gasteiger partial charge in [0.2, 0.25) is 0 Å². The fourth-order valence-electron chi connectivity index (χ4n) is 3.18. The summed E-state index contributed by atoms with van der Waals surface area (Å²) in [4.78, 5) is 19.4. The lowest BCUT2D eigenvalue weighted by Crippen LogP contribution is -2.02. The minimum Gasteiger partial charge on any atom is -0.396 e. The van der Waals surface area contributed by atoms with Crippen LogP contribution < -0.4 is 0 Å². The van der Waals surface area contributed by atoms with Gasteiger partial charge in [-0.1, -0.05) is 35.5 Å². The summed E-state index contributed by atoms with van der Waals surface area (Å²) in [6, 6.07) is 18.2. The van der Waals surface area contributed by atoms with Crippen LogP contribution in [0.15, 0.2) is 64.4 Å². The summed E-state index contributed by atoms with van der Waals surface area (Å²) in [5.41, 5.74) is 5.46. The van der Waals surface area contributed by atoms with Crippen LogP contribution in [0.2, 0.25) is 0 Å². The molecule has 0 N–H and O–H groups in total. The fourth-order valence-corrected chi connectivity index (χ4v) is 3.48. The summed E-state index contributed by atoms with van der Waals surface area (Å²) in [5, 5.41) is 6.36. The minimum atomic E-state index is 0.530. The highest BCUT2D eigenvalue weighted by molar-refractivity contribution is 9.10. The van der Waals surface area contributed by atoms with E-state index in [1.165, 1.54) is 0 Å². The van der Waals surface area contributed by atoms with Crippen LogP contribution in [0.4, 0.5) is 0 Å². The summed E-state index contributed by atoms with van der Waals surface area (Å²) in [6.07, 6.45) is 1.65. The first kappa shape index (κ1) is 19.5. The Balaban J connectivity index is 1.41. The van der Waals surface area contributed by atoms with E-state index in [1.807, 2.05) is 38.1 Å². The van der Waals surface area contributed by atoms with Crippen LogP contribution in [0.25, 0.3) is 21.8 Å². The molecule has 4 rings (SSSR count). The van der Waals surface area contributed by atoms with Crippen LogP contribution in [0.5, 0.6) is 0 Å². The van der Waals surface area contributed by atoms with E-state index >= 15 is 0 Å². The maximum atomic E-state index is 5.49. The lowest BCUT2D eigenvalue weighted by Gasteiger charge is -2.06. The number of hydrogen-bond acceptors (Lipinski definition) is 5. The highest BCUT2D eigenvalue weighted by atomic mass is 79.9. The third kappa shape index (κ3) is 4.59. The molecule has 0 amide bonds. The molecule has 1 aromatic carbocycles. The highest BCUT2D eigenvalue weighted by Crippen LogP contribution is 2.24. The van der Waals surface area contributed by atoms with E-state index in [4.69, 9.17) is 9.82 Å². The number of fused-ring (bicyclic) bond motifs is 3. The second-order valence-corrected chi connectivity index (χ2v) is 7.74. The van der Waals surface area contributed by atoms with Crippen LogP contribution in [0.1, 0.15) is 30.4 Å². The van der Waals surface area contributed by atoms with Gasteiger partial charge >= 0.3 is 0 Å². The molecule has 0 unspecified atom stereocenters. The molecule has 0 saturated carbocycles. The van der Waals surface area contributed by atoms with Gasteiger partial charge < -0.3 is 4.84 Å². The standard InChI is InChI=1S/C23H21BrN4O/c1-15-5-3-7-20(25-15)16(2)28-29-14-4-6-19-12-10-17-8-9-18-11-13-21(24)27-23(18)22(17)26-19/h3,5,7-13H,4,6,14H2,1-2H3. The quantitative estimate of drug-likeness (QED) is 0.126. The summed E-state index contributed by atoms with van der Waals surface area (Å²) in [7, 11) is 0. The van der Waals surface area contributed by atoms with Gasteiger partial charge in [0.25, 0.3) is 0 Å².